The van der Waals surface area contributed by atoms with Gasteiger partial charge in [-0.1, -0.05) is 37.3 Å². The summed E-state index contributed by atoms with van der Waals surface area (Å²) in [6.45, 7) is 5.12. The standard InChI is InChI=1S/C17H21N3/c1-13-8-9-15(20-19-13)12-18-16-10-17(2,11-16)14-6-4-3-5-7-14/h3-9,16,18H,10-12H2,1-2H3. The summed E-state index contributed by atoms with van der Waals surface area (Å²) in [6.07, 6.45) is 2.38. The van der Waals surface area contributed by atoms with Gasteiger partial charge in [0, 0.05) is 12.6 Å². The van der Waals surface area contributed by atoms with E-state index in [1.165, 1.54) is 18.4 Å². The number of hydrogen-bond acceptors (Lipinski definition) is 3. The highest BCUT2D eigenvalue weighted by atomic mass is 15.1. The van der Waals surface area contributed by atoms with Gasteiger partial charge in [0.05, 0.1) is 11.4 Å². The zero-order valence-corrected chi connectivity index (χ0v) is 12.1. The van der Waals surface area contributed by atoms with Crippen molar-refractivity contribution in [3.05, 3.63) is 59.4 Å². The first-order valence-electron chi connectivity index (χ1n) is 7.24. The molecule has 3 nitrogen and oxygen atoms in total. The Morgan fingerprint density at radius 2 is 1.85 bits per heavy atom. The Labute approximate surface area is 120 Å². The highest BCUT2D eigenvalue weighted by Crippen LogP contribution is 2.43. The van der Waals surface area contributed by atoms with Gasteiger partial charge in [-0.3, -0.25) is 0 Å². The minimum Gasteiger partial charge on any atom is -0.308 e. The molecule has 104 valence electrons. The van der Waals surface area contributed by atoms with Crippen LogP contribution in [0, 0.1) is 6.92 Å². The van der Waals surface area contributed by atoms with Crippen LogP contribution in [-0.4, -0.2) is 16.2 Å². The number of aryl methyl sites for hydroxylation is 1. The number of aromatic nitrogens is 2. The van der Waals surface area contributed by atoms with E-state index >= 15 is 0 Å². The van der Waals surface area contributed by atoms with E-state index in [0.29, 0.717) is 11.5 Å². The highest BCUT2D eigenvalue weighted by molar-refractivity contribution is 5.28. The molecule has 0 bridgehead atoms. The summed E-state index contributed by atoms with van der Waals surface area (Å²) in [5.74, 6) is 0. The van der Waals surface area contributed by atoms with Gasteiger partial charge < -0.3 is 5.32 Å². The second kappa shape index (κ2) is 5.33. The maximum Gasteiger partial charge on any atom is 0.0769 e. The average Bonchev–Trinajstić information content (AvgIpc) is 2.45. The topological polar surface area (TPSA) is 37.8 Å². The molecule has 1 fully saturated rings. The number of rotatable bonds is 4. The van der Waals surface area contributed by atoms with Gasteiger partial charge in [0.1, 0.15) is 0 Å². The monoisotopic (exact) mass is 267 g/mol. The molecule has 1 N–H and O–H groups in total. The summed E-state index contributed by atoms with van der Waals surface area (Å²) < 4.78 is 0. The molecule has 1 aliphatic carbocycles. The van der Waals surface area contributed by atoms with E-state index < -0.39 is 0 Å². The fourth-order valence-electron chi connectivity index (χ4n) is 3.02. The molecule has 20 heavy (non-hydrogen) atoms. The van der Waals surface area contributed by atoms with E-state index in [0.717, 1.165) is 17.9 Å². The first-order valence-corrected chi connectivity index (χ1v) is 7.24. The molecule has 3 rings (SSSR count). The van der Waals surface area contributed by atoms with Gasteiger partial charge in [-0.2, -0.15) is 10.2 Å². The number of hydrogen-bond donors (Lipinski definition) is 1. The highest BCUT2D eigenvalue weighted by Gasteiger charge is 2.40. The van der Waals surface area contributed by atoms with E-state index in [1.54, 1.807) is 0 Å². The van der Waals surface area contributed by atoms with Crippen molar-refractivity contribution in [2.75, 3.05) is 0 Å². The fourth-order valence-corrected chi connectivity index (χ4v) is 3.02. The maximum absolute atomic E-state index is 4.19. The molecule has 1 heterocycles. The quantitative estimate of drug-likeness (QED) is 0.925. The summed E-state index contributed by atoms with van der Waals surface area (Å²) >= 11 is 0. The van der Waals surface area contributed by atoms with Crippen molar-refractivity contribution in [1.29, 1.82) is 0 Å². The normalized spacial score (nSPS) is 25.2. The molecule has 1 aromatic heterocycles. The van der Waals surface area contributed by atoms with Crippen molar-refractivity contribution in [2.24, 2.45) is 0 Å². The first-order chi connectivity index (χ1) is 9.66. The van der Waals surface area contributed by atoms with Gasteiger partial charge in [0.15, 0.2) is 0 Å². The third-order valence-corrected chi connectivity index (χ3v) is 4.29. The molecule has 0 spiro atoms. The van der Waals surface area contributed by atoms with Crippen LogP contribution in [0.5, 0.6) is 0 Å². The minimum atomic E-state index is 0.331. The first kappa shape index (κ1) is 13.3. The predicted molar refractivity (Wildman–Crippen MR) is 80.4 cm³/mol. The molecule has 0 atom stereocenters. The average molecular weight is 267 g/mol. The lowest BCUT2D eigenvalue weighted by Gasteiger charge is -2.46. The predicted octanol–water partition coefficient (Wildman–Crippen LogP) is 2.99. The van der Waals surface area contributed by atoms with Crippen molar-refractivity contribution < 1.29 is 0 Å². The lowest BCUT2D eigenvalue weighted by molar-refractivity contribution is 0.188. The molecular weight excluding hydrogens is 246 g/mol. The van der Waals surface area contributed by atoms with E-state index in [-0.39, 0.29) is 0 Å². The lowest BCUT2D eigenvalue weighted by Crippen LogP contribution is -2.49. The summed E-state index contributed by atoms with van der Waals surface area (Å²) in [5.41, 5.74) is 3.77. The van der Waals surface area contributed by atoms with Gasteiger partial charge in [0.25, 0.3) is 0 Å². The van der Waals surface area contributed by atoms with Crippen molar-refractivity contribution in [3.8, 4) is 0 Å². The smallest absolute Gasteiger partial charge is 0.0769 e. The largest absolute Gasteiger partial charge is 0.308 e. The van der Waals surface area contributed by atoms with Crippen LogP contribution >= 0.6 is 0 Å². The van der Waals surface area contributed by atoms with Crippen molar-refractivity contribution in [2.45, 2.75) is 44.7 Å². The van der Waals surface area contributed by atoms with Crippen LogP contribution in [0.2, 0.25) is 0 Å². The minimum absolute atomic E-state index is 0.331. The van der Waals surface area contributed by atoms with Crippen LogP contribution in [0.4, 0.5) is 0 Å². The molecule has 1 aromatic carbocycles. The SMILES string of the molecule is Cc1ccc(CNC2CC(C)(c3ccccc3)C2)nn1. The molecule has 0 unspecified atom stereocenters. The summed E-state index contributed by atoms with van der Waals surface area (Å²) in [5, 5.41) is 11.9. The summed E-state index contributed by atoms with van der Waals surface area (Å²) in [6, 6.07) is 15.5. The summed E-state index contributed by atoms with van der Waals surface area (Å²) in [7, 11) is 0. The molecule has 1 saturated carbocycles. The second-order valence-corrected chi connectivity index (χ2v) is 6.08. The number of nitrogens with zero attached hydrogens (tertiary/aromatic N) is 2. The molecule has 0 aliphatic heterocycles. The Hall–Kier alpha value is -1.74. The van der Waals surface area contributed by atoms with Gasteiger partial charge in [-0.25, -0.2) is 0 Å². The molecule has 3 heteroatoms. The van der Waals surface area contributed by atoms with E-state index in [4.69, 9.17) is 0 Å². The third-order valence-electron chi connectivity index (χ3n) is 4.29. The van der Waals surface area contributed by atoms with Gasteiger partial charge >= 0.3 is 0 Å². The zero-order valence-electron chi connectivity index (χ0n) is 12.1. The number of benzene rings is 1. The Morgan fingerprint density at radius 3 is 2.50 bits per heavy atom. The Kier molecular flexibility index (Phi) is 3.53. The van der Waals surface area contributed by atoms with Crippen LogP contribution in [0.25, 0.3) is 0 Å². The molecule has 0 radical (unpaired) electrons. The molecule has 1 aliphatic rings. The van der Waals surface area contributed by atoms with Crippen LogP contribution < -0.4 is 5.32 Å². The number of nitrogens with one attached hydrogen (secondary N) is 1. The summed E-state index contributed by atoms with van der Waals surface area (Å²) in [4.78, 5) is 0. The Morgan fingerprint density at radius 1 is 1.10 bits per heavy atom. The molecule has 0 amide bonds. The van der Waals surface area contributed by atoms with E-state index in [1.807, 2.05) is 19.1 Å². The van der Waals surface area contributed by atoms with Crippen molar-refractivity contribution >= 4 is 0 Å². The van der Waals surface area contributed by atoms with Gasteiger partial charge in [-0.05, 0) is 42.9 Å². The Bertz CT molecular complexity index is 557. The zero-order chi connectivity index (χ0) is 14.0. The van der Waals surface area contributed by atoms with Crippen LogP contribution in [0.1, 0.15) is 36.7 Å². The molecule has 2 aromatic rings. The van der Waals surface area contributed by atoms with Crippen LogP contribution in [-0.2, 0) is 12.0 Å². The molecule has 0 saturated heterocycles. The van der Waals surface area contributed by atoms with Gasteiger partial charge in [-0.15, -0.1) is 0 Å². The van der Waals surface area contributed by atoms with E-state index in [9.17, 15) is 0 Å². The Balaban J connectivity index is 1.52. The van der Waals surface area contributed by atoms with Crippen LogP contribution in [0.15, 0.2) is 42.5 Å². The molecular formula is C17H21N3. The van der Waals surface area contributed by atoms with E-state index in [2.05, 4.69) is 52.8 Å². The maximum atomic E-state index is 4.19. The van der Waals surface area contributed by atoms with Crippen LogP contribution in [0.3, 0.4) is 0 Å². The lowest BCUT2D eigenvalue weighted by atomic mass is 9.63. The van der Waals surface area contributed by atoms with Crippen molar-refractivity contribution in [1.82, 2.24) is 15.5 Å². The third kappa shape index (κ3) is 2.73. The van der Waals surface area contributed by atoms with Gasteiger partial charge in [0.2, 0.25) is 0 Å². The fraction of sp³-hybridized carbons (Fsp3) is 0.412. The van der Waals surface area contributed by atoms with Crippen molar-refractivity contribution in [3.63, 3.8) is 0 Å². The second-order valence-electron chi connectivity index (χ2n) is 6.08.